The highest BCUT2D eigenvalue weighted by atomic mass is 19.1. The van der Waals surface area contributed by atoms with E-state index >= 15 is 4.39 Å². The monoisotopic (exact) mass is 534 g/mol. The number of amides is 3. The predicted octanol–water partition coefficient (Wildman–Crippen LogP) is 4.57. The highest BCUT2D eigenvalue weighted by molar-refractivity contribution is 5.90. The Morgan fingerprint density at radius 2 is 1.82 bits per heavy atom. The van der Waals surface area contributed by atoms with Crippen LogP contribution < -0.4 is 10.2 Å². The third-order valence-electron chi connectivity index (χ3n) is 7.55. The molecule has 4 atom stereocenters. The molecule has 2 aromatic rings. The van der Waals surface area contributed by atoms with Crippen molar-refractivity contribution in [2.75, 3.05) is 31.1 Å². The molecule has 5 rings (SSSR count). The molecule has 1 saturated carbocycles. The van der Waals surface area contributed by atoms with Crippen LogP contribution in [0.5, 0.6) is 0 Å². The number of likely N-dealkylation sites (tertiary alicyclic amines) is 1. The summed E-state index contributed by atoms with van der Waals surface area (Å²) in [6.45, 7) is 16.1. The second kappa shape index (κ2) is 9.56. The molecule has 0 spiro atoms. The van der Waals surface area contributed by atoms with Crippen LogP contribution in [0.1, 0.15) is 33.3 Å². The summed E-state index contributed by atoms with van der Waals surface area (Å²) in [6.07, 6.45) is -1.45. The Balaban J connectivity index is 1.26. The first-order chi connectivity index (χ1) is 18.4. The molecule has 2 aromatic carbocycles. The number of cyclic esters (lactones) is 1. The lowest BCUT2D eigenvalue weighted by Crippen LogP contribution is -2.38. The van der Waals surface area contributed by atoms with Crippen molar-refractivity contribution < 1.29 is 28.2 Å². The molecule has 1 N–H and O–H groups in total. The molecule has 0 radical (unpaired) electrons. The molecular formula is C29H31FN4O5. The number of fused-ring (bicyclic) bond motifs is 1. The molecule has 0 aromatic heterocycles. The van der Waals surface area contributed by atoms with Gasteiger partial charge in [-0.1, -0.05) is 24.3 Å². The van der Waals surface area contributed by atoms with Crippen LogP contribution in [-0.2, 0) is 19.8 Å². The van der Waals surface area contributed by atoms with Crippen molar-refractivity contribution in [1.82, 2.24) is 10.2 Å². The van der Waals surface area contributed by atoms with Gasteiger partial charge in [0, 0.05) is 31.1 Å². The number of hydrogen-bond acceptors (Lipinski definition) is 5. The fourth-order valence-corrected chi connectivity index (χ4v) is 5.66. The molecule has 3 amide bonds. The number of piperidine rings is 1. The van der Waals surface area contributed by atoms with Crippen LogP contribution in [0.15, 0.2) is 42.5 Å². The van der Waals surface area contributed by atoms with Crippen molar-refractivity contribution in [3.63, 3.8) is 0 Å². The zero-order chi connectivity index (χ0) is 28.1. The summed E-state index contributed by atoms with van der Waals surface area (Å²) in [7, 11) is 0. The standard InChI is InChI=1S/C29H31FN4O5/c1-17(35)32-13-21-14-34(27(37)38-21)20-10-11-22(25(30)12-20)18-6-8-19(9-7-18)29(31-5)23-15-33(16-24(23)29)26(36)39-28(2,3)4/h6-12,21,23-24H,13-16H2,1-4H3,(H,32,35)/t21-,23-,24+,29?/m0/s1. The van der Waals surface area contributed by atoms with E-state index in [-0.39, 0.29) is 36.9 Å². The van der Waals surface area contributed by atoms with Gasteiger partial charge in [0.25, 0.3) is 5.54 Å². The number of carbonyl (C=O) groups is 3. The first-order valence-electron chi connectivity index (χ1n) is 12.9. The number of carbonyl (C=O) groups excluding carboxylic acids is 3. The number of nitrogens with zero attached hydrogens (tertiary/aromatic N) is 3. The van der Waals surface area contributed by atoms with Gasteiger partial charge < -0.3 is 24.5 Å². The van der Waals surface area contributed by atoms with E-state index in [1.165, 1.54) is 17.9 Å². The predicted molar refractivity (Wildman–Crippen MR) is 141 cm³/mol. The Bertz CT molecular complexity index is 1350. The summed E-state index contributed by atoms with van der Waals surface area (Å²) < 4.78 is 25.9. The quantitative estimate of drug-likeness (QED) is 0.568. The summed E-state index contributed by atoms with van der Waals surface area (Å²) in [6, 6.07) is 11.9. The Hall–Kier alpha value is -4.13. The number of nitrogens with one attached hydrogen (secondary N) is 1. The van der Waals surface area contributed by atoms with E-state index in [1.807, 2.05) is 32.9 Å². The zero-order valence-corrected chi connectivity index (χ0v) is 22.4. The normalized spacial score (nSPS) is 25.5. The van der Waals surface area contributed by atoms with E-state index in [9.17, 15) is 14.4 Å². The van der Waals surface area contributed by atoms with Gasteiger partial charge in [0.15, 0.2) is 0 Å². The number of ether oxygens (including phenoxy) is 2. The maximum absolute atomic E-state index is 15.2. The maximum Gasteiger partial charge on any atom is 0.414 e. The second-order valence-electron chi connectivity index (χ2n) is 11.3. The van der Waals surface area contributed by atoms with Crippen LogP contribution in [0.25, 0.3) is 16.0 Å². The van der Waals surface area contributed by atoms with Crippen LogP contribution in [0.3, 0.4) is 0 Å². The number of rotatable bonds is 5. The molecule has 39 heavy (non-hydrogen) atoms. The molecule has 1 aliphatic carbocycles. The second-order valence-corrected chi connectivity index (χ2v) is 11.3. The molecule has 3 fully saturated rings. The van der Waals surface area contributed by atoms with Crippen LogP contribution in [0, 0.1) is 24.2 Å². The van der Waals surface area contributed by atoms with Crippen LogP contribution in [0.4, 0.5) is 19.7 Å². The van der Waals surface area contributed by atoms with E-state index in [0.29, 0.717) is 29.9 Å². The number of hydrogen-bond donors (Lipinski definition) is 1. The lowest BCUT2D eigenvalue weighted by atomic mass is 9.96. The first-order valence-corrected chi connectivity index (χ1v) is 12.9. The molecule has 9 nitrogen and oxygen atoms in total. The Morgan fingerprint density at radius 1 is 1.15 bits per heavy atom. The molecule has 204 valence electrons. The topological polar surface area (TPSA) is 92.5 Å². The van der Waals surface area contributed by atoms with Crippen molar-refractivity contribution in [3.8, 4) is 11.1 Å². The molecule has 1 unspecified atom stereocenters. The molecule has 2 heterocycles. The summed E-state index contributed by atoms with van der Waals surface area (Å²) in [5.41, 5.74) is 1.01. The Morgan fingerprint density at radius 3 is 2.38 bits per heavy atom. The average Bonchev–Trinajstić information content (AvgIpc) is 3.15. The SMILES string of the molecule is [C-]#[N+]C1(c2ccc(-c3ccc(N4C[C@H](CNC(C)=O)OC4=O)cc3F)cc2)[C@@H]2CN(C(=O)OC(C)(C)C)C[C@@H]21. The largest absolute Gasteiger partial charge is 0.444 e. The van der Waals surface area contributed by atoms with Gasteiger partial charge in [0.2, 0.25) is 5.91 Å². The van der Waals surface area contributed by atoms with Gasteiger partial charge in [-0.05, 0) is 44.5 Å². The Kier molecular flexibility index (Phi) is 6.49. The van der Waals surface area contributed by atoms with Gasteiger partial charge in [0.1, 0.15) is 17.5 Å². The first kappa shape index (κ1) is 26.5. The van der Waals surface area contributed by atoms with Crippen molar-refractivity contribution in [2.45, 2.75) is 44.9 Å². The minimum Gasteiger partial charge on any atom is -0.444 e. The maximum atomic E-state index is 15.2. The van der Waals surface area contributed by atoms with E-state index in [0.717, 1.165) is 5.56 Å². The van der Waals surface area contributed by atoms with Crippen molar-refractivity contribution in [2.24, 2.45) is 11.8 Å². The summed E-state index contributed by atoms with van der Waals surface area (Å²) in [4.78, 5) is 42.9. The lowest BCUT2D eigenvalue weighted by Gasteiger charge is -2.26. The summed E-state index contributed by atoms with van der Waals surface area (Å²) in [5, 5.41) is 2.62. The van der Waals surface area contributed by atoms with Crippen molar-refractivity contribution in [3.05, 3.63) is 65.3 Å². The molecule has 2 saturated heterocycles. The van der Waals surface area contributed by atoms with Crippen molar-refractivity contribution >= 4 is 23.8 Å². The van der Waals surface area contributed by atoms with Crippen LogP contribution >= 0.6 is 0 Å². The molecule has 3 aliphatic rings. The third kappa shape index (κ3) is 4.89. The van der Waals surface area contributed by atoms with Gasteiger partial charge in [0.05, 0.1) is 30.6 Å². The molecule has 2 aliphatic heterocycles. The smallest absolute Gasteiger partial charge is 0.414 e. The number of anilines is 1. The van der Waals surface area contributed by atoms with Gasteiger partial charge in [-0.3, -0.25) is 9.69 Å². The summed E-state index contributed by atoms with van der Waals surface area (Å²) >= 11 is 0. The lowest BCUT2D eigenvalue weighted by molar-refractivity contribution is -0.119. The van der Waals surface area contributed by atoms with E-state index < -0.39 is 29.2 Å². The average molecular weight is 535 g/mol. The molecular weight excluding hydrogens is 503 g/mol. The van der Waals surface area contributed by atoms with Gasteiger partial charge in [-0.25, -0.2) is 20.6 Å². The zero-order valence-electron chi connectivity index (χ0n) is 22.4. The molecule has 0 bridgehead atoms. The highest BCUT2D eigenvalue weighted by Crippen LogP contribution is 2.64. The minimum atomic E-state index is -0.677. The Labute approximate surface area is 226 Å². The van der Waals surface area contributed by atoms with Gasteiger partial charge >= 0.3 is 12.2 Å². The summed E-state index contributed by atoms with van der Waals surface area (Å²) in [5.74, 6) is -0.631. The van der Waals surface area contributed by atoms with Gasteiger partial charge in [-0.2, -0.15) is 0 Å². The minimum absolute atomic E-state index is 0.0408. The van der Waals surface area contributed by atoms with E-state index in [1.54, 1.807) is 29.2 Å². The van der Waals surface area contributed by atoms with E-state index in [4.69, 9.17) is 16.0 Å². The van der Waals surface area contributed by atoms with E-state index in [2.05, 4.69) is 10.2 Å². The number of halogens is 1. The third-order valence-corrected chi connectivity index (χ3v) is 7.55. The van der Waals surface area contributed by atoms with Crippen LogP contribution in [-0.4, -0.2) is 60.9 Å². The molecule has 10 heteroatoms. The number of benzene rings is 2. The highest BCUT2D eigenvalue weighted by Gasteiger charge is 2.77. The van der Waals surface area contributed by atoms with Crippen molar-refractivity contribution in [1.29, 1.82) is 0 Å². The van der Waals surface area contributed by atoms with Gasteiger partial charge in [-0.15, -0.1) is 0 Å². The fourth-order valence-electron chi connectivity index (χ4n) is 5.66. The fraction of sp³-hybridized carbons (Fsp3) is 0.448. The van der Waals surface area contributed by atoms with Crippen LogP contribution in [0.2, 0.25) is 0 Å².